The first-order valence-corrected chi connectivity index (χ1v) is 10.3. The molecule has 1 fully saturated rings. The SMILES string of the molecule is Cc1ccc(-n2ncc(C(=O)Nc3c(F)c(F)cc(F)c3F)c2C2CCNCC2)c(C)c1.Cl. The lowest BCUT2D eigenvalue weighted by molar-refractivity contribution is 0.102. The summed E-state index contributed by atoms with van der Waals surface area (Å²) in [5.41, 5.74) is 2.31. The van der Waals surface area contributed by atoms with E-state index in [-0.39, 0.29) is 30.0 Å². The third-order valence-corrected chi connectivity index (χ3v) is 5.71. The van der Waals surface area contributed by atoms with E-state index in [4.69, 9.17) is 0 Å². The Kier molecular flexibility index (Phi) is 7.44. The molecular formula is C23H23ClF4N4O. The van der Waals surface area contributed by atoms with E-state index in [2.05, 4.69) is 10.4 Å². The molecule has 0 bridgehead atoms. The van der Waals surface area contributed by atoms with Gasteiger partial charge in [0.25, 0.3) is 5.91 Å². The second kappa shape index (κ2) is 9.93. The van der Waals surface area contributed by atoms with Gasteiger partial charge in [-0.15, -0.1) is 12.4 Å². The molecule has 0 atom stereocenters. The molecule has 0 saturated carbocycles. The molecule has 2 N–H and O–H groups in total. The van der Waals surface area contributed by atoms with Crippen molar-refractivity contribution in [1.29, 1.82) is 0 Å². The minimum Gasteiger partial charge on any atom is -0.317 e. The van der Waals surface area contributed by atoms with Crippen LogP contribution in [0.25, 0.3) is 5.69 Å². The van der Waals surface area contributed by atoms with Gasteiger partial charge in [-0.05, 0) is 51.4 Å². The van der Waals surface area contributed by atoms with Crippen LogP contribution in [-0.2, 0) is 0 Å². The van der Waals surface area contributed by atoms with E-state index in [0.29, 0.717) is 5.69 Å². The van der Waals surface area contributed by atoms with E-state index in [9.17, 15) is 22.4 Å². The standard InChI is InChI=1S/C23H22F4N4O.ClH/c1-12-3-4-18(13(2)9-12)31-22(14-5-7-28-8-6-14)15(11-29-31)23(32)30-21-19(26)16(24)10-17(25)20(21)27;/h3-4,9-11,14,28H,5-8H2,1-2H3,(H,30,32);1H. The lowest BCUT2D eigenvalue weighted by Crippen LogP contribution is -2.29. The molecule has 1 saturated heterocycles. The van der Waals surface area contributed by atoms with E-state index in [1.807, 2.05) is 37.4 Å². The van der Waals surface area contributed by atoms with Gasteiger partial charge in [0.05, 0.1) is 23.1 Å². The highest BCUT2D eigenvalue weighted by Gasteiger charge is 2.29. The molecule has 176 valence electrons. The Morgan fingerprint density at radius 1 is 1.06 bits per heavy atom. The second-order valence-corrected chi connectivity index (χ2v) is 7.97. The van der Waals surface area contributed by atoms with Crippen LogP contribution in [0.15, 0.2) is 30.5 Å². The van der Waals surface area contributed by atoms with Crippen molar-refractivity contribution < 1.29 is 22.4 Å². The van der Waals surface area contributed by atoms with E-state index < -0.39 is 34.9 Å². The van der Waals surface area contributed by atoms with Crippen molar-refractivity contribution in [3.63, 3.8) is 0 Å². The van der Waals surface area contributed by atoms with Crippen molar-refractivity contribution in [2.24, 2.45) is 0 Å². The minimum absolute atomic E-state index is 0. The average Bonchev–Trinajstić information content (AvgIpc) is 3.21. The number of hydrogen-bond acceptors (Lipinski definition) is 3. The first kappa shape index (κ1) is 24.7. The number of aromatic nitrogens is 2. The Bertz CT molecular complexity index is 1170. The maximum atomic E-state index is 14.1. The number of halogens is 5. The van der Waals surface area contributed by atoms with Crippen molar-refractivity contribution in [3.05, 3.63) is 76.1 Å². The number of benzene rings is 2. The van der Waals surface area contributed by atoms with Crippen molar-refractivity contribution in [2.45, 2.75) is 32.6 Å². The summed E-state index contributed by atoms with van der Waals surface area (Å²) in [5, 5.41) is 9.66. The molecule has 1 aromatic heterocycles. The number of anilines is 1. The van der Waals surface area contributed by atoms with Gasteiger partial charge < -0.3 is 10.6 Å². The fourth-order valence-corrected chi connectivity index (χ4v) is 4.12. The normalized spacial score (nSPS) is 14.1. The highest BCUT2D eigenvalue weighted by Crippen LogP contribution is 2.32. The Hall–Kier alpha value is -2.91. The number of nitrogens with one attached hydrogen (secondary N) is 2. The molecule has 10 heteroatoms. The van der Waals surface area contributed by atoms with Crippen molar-refractivity contribution in [2.75, 3.05) is 18.4 Å². The molecule has 0 radical (unpaired) electrons. The number of piperidine rings is 1. The summed E-state index contributed by atoms with van der Waals surface area (Å²) in [7, 11) is 0. The van der Waals surface area contributed by atoms with E-state index in [1.54, 1.807) is 4.68 Å². The molecule has 1 aliphatic heterocycles. The fraction of sp³-hybridized carbons (Fsp3) is 0.304. The smallest absolute Gasteiger partial charge is 0.259 e. The van der Waals surface area contributed by atoms with Crippen LogP contribution in [0.5, 0.6) is 0 Å². The third-order valence-electron chi connectivity index (χ3n) is 5.71. The van der Waals surface area contributed by atoms with Crippen LogP contribution < -0.4 is 10.6 Å². The number of hydrogen-bond donors (Lipinski definition) is 2. The molecule has 3 aromatic rings. The minimum atomic E-state index is -1.66. The molecule has 5 nitrogen and oxygen atoms in total. The van der Waals surface area contributed by atoms with Gasteiger partial charge in [0.2, 0.25) is 0 Å². The van der Waals surface area contributed by atoms with Crippen LogP contribution in [0.4, 0.5) is 23.2 Å². The zero-order valence-corrected chi connectivity index (χ0v) is 18.8. The Morgan fingerprint density at radius 3 is 2.30 bits per heavy atom. The molecule has 0 aliphatic carbocycles. The van der Waals surface area contributed by atoms with Crippen LogP contribution in [0.2, 0.25) is 0 Å². The highest BCUT2D eigenvalue weighted by atomic mass is 35.5. The zero-order valence-electron chi connectivity index (χ0n) is 18.0. The Morgan fingerprint density at radius 2 is 1.70 bits per heavy atom. The highest BCUT2D eigenvalue weighted by molar-refractivity contribution is 6.05. The van der Waals surface area contributed by atoms with Gasteiger partial charge in [0, 0.05) is 12.0 Å². The summed E-state index contributed by atoms with van der Waals surface area (Å²) in [6.45, 7) is 5.37. The van der Waals surface area contributed by atoms with Crippen LogP contribution in [0, 0.1) is 37.1 Å². The number of rotatable bonds is 4. The summed E-state index contributed by atoms with van der Waals surface area (Å²) >= 11 is 0. The molecule has 4 rings (SSSR count). The van der Waals surface area contributed by atoms with Crippen LogP contribution >= 0.6 is 12.4 Å². The van der Waals surface area contributed by atoms with Crippen molar-refractivity contribution >= 4 is 24.0 Å². The summed E-state index contributed by atoms with van der Waals surface area (Å²) in [4.78, 5) is 13.0. The predicted octanol–water partition coefficient (Wildman–Crippen LogP) is 5.19. The summed E-state index contributed by atoms with van der Waals surface area (Å²) in [6.07, 6.45) is 2.78. The predicted molar refractivity (Wildman–Crippen MR) is 119 cm³/mol. The van der Waals surface area contributed by atoms with E-state index in [0.717, 1.165) is 42.7 Å². The maximum Gasteiger partial charge on any atom is 0.259 e. The molecular weight excluding hydrogens is 460 g/mol. The number of amides is 1. The zero-order chi connectivity index (χ0) is 23.0. The quantitative estimate of drug-likeness (QED) is 0.397. The van der Waals surface area contributed by atoms with Gasteiger partial charge in [0.15, 0.2) is 23.3 Å². The maximum absolute atomic E-state index is 14.1. The van der Waals surface area contributed by atoms with Gasteiger partial charge >= 0.3 is 0 Å². The van der Waals surface area contributed by atoms with Crippen LogP contribution in [-0.4, -0.2) is 28.8 Å². The Balaban J connectivity index is 0.00000306. The van der Waals surface area contributed by atoms with E-state index >= 15 is 0 Å². The fourth-order valence-electron chi connectivity index (χ4n) is 4.12. The second-order valence-electron chi connectivity index (χ2n) is 7.97. The Labute approximate surface area is 194 Å². The largest absolute Gasteiger partial charge is 0.317 e. The molecule has 2 aromatic carbocycles. The molecule has 0 unspecified atom stereocenters. The van der Waals surface area contributed by atoms with Gasteiger partial charge in [-0.1, -0.05) is 17.7 Å². The number of aryl methyl sites for hydroxylation is 2. The molecule has 1 aliphatic rings. The van der Waals surface area contributed by atoms with Gasteiger partial charge in [-0.25, -0.2) is 22.2 Å². The summed E-state index contributed by atoms with van der Waals surface area (Å²) in [5.74, 6) is -7.45. The third kappa shape index (κ3) is 4.74. The number of nitrogens with zero attached hydrogens (tertiary/aromatic N) is 2. The van der Waals surface area contributed by atoms with Gasteiger partial charge in [0.1, 0.15) is 5.69 Å². The first-order valence-electron chi connectivity index (χ1n) is 10.3. The van der Waals surface area contributed by atoms with Crippen LogP contribution in [0.3, 0.4) is 0 Å². The van der Waals surface area contributed by atoms with Gasteiger partial charge in [-0.2, -0.15) is 5.10 Å². The van der Waals surface area contributed by atoms with E-state index in [1.165, 1.54) is 6.20 Å². The lowest BCUT2D eigenvalue weighted by atomic mass is 9.91. The molecule has 2 heterocycles. The molecule has 0 spiro atoms. The monoisotopic (exact) mass is 482 g/mol. The first-order chi connectivity index (χ1) is 15.3. The van der Waals surface area contributed by atoms with Crippen molar-refractivity contribution in [1.82, 2.24) is 15.1 Å². The molecule has 33 heavy (non-hydrogen) atoms. The van der Waals surface area contributed by atoms with Gasteiger partial charge in [-0.3, -0.25) is 4.79 Å². The number of carbonyl (C=O) groups is 1. The van der Waals surface area contributed by atoms with Crippen molar-refractivity contribution in [3.8, 4) is 5.69 Å². The van der Waals surface area contributed by atoms with Crippen LogP contribution in [0.1, 0.15) is 45.9 Å². The molecule has 1 amide bonds. The summed E-state index contributed by atoms with van der Waals surface area (Å²) < 4.78 is 57.1. The lowest BCUT2D eigenvalue weighted by Gasteiger charge is -2.25. The number of carbonyl (C=O) groups excluding carboxylic acids is 1. The topological polar surface area (TPSA) is 59.0 Å². The average molecular weight is 483 g/mol. The summed E-state index contributed by atoms with van der Waals surface area (Å²) in [6, 6.07) is 5.91.